The molecule has 0 unspecified atom stereocenters. The summed E-state index contributed by atoms with van der Waals surface area (Å²) in [5.74, 6) is 1.34. The van der Waals surface area contributed by atoms with Crippen molar-refractivity contribution in [3.8, 4) is 40.0 Å². The molecule has 0 radical (unpaired) electrons. The van der Waals surface area contributed by atoms with Crippen molar-refractivity contribution < 1.29 is 29.2 Å². The lowest BCUT2D eigenvalue weighted by Gasteiger charge is -2.17. The van der Waals surface area contributed by atoms with Gasteiger partial charge in [0.05, 0.1) is 24.4 Å². The number of rotatable bonds is 13. The zero-order valence-electron chi connectivity index (χ0n) is 21.5. The number of benzene rings is 3. The smallest absolute Gasteiger partial charge is 0.339 e. The number of thiazole rings is 1. The standard InChI is InChI=1S/C30H31NO6S/c1-3-9-21-26(12-7-13-27(21)37-28-11-6-5-10-22(28)30(33)34)35-14-8-15-36-29-17-25(32)23(16-20(29)4-2)24-18-38-19-31-24/h5-7,10-13,16-19,32H,3-4,8-9,14-15H2,1-2H3,(H,33,34). The fraction of sp³-hybridized carbons (Fsp3) is 0.267. The highest BCUT2D eigenvalue weighted by atomic mass is 32.1. The van der Waals surface area contributed by atoms with Crippen LogP contribution in [0.5, 0.6) is 28.7 Å². The first kappa shape index (κ1) is 27.0. The molecule has 2 N–H and O–H groups in total. The second-order valence-electron chi connectivity index (χ2n) is 8.64. The van der Waals surface area contributed by atoms with Crippen LogP contribution in [0.15, 0.2) is 65.5 Å². The first-order valence-electron chi connectivity index (χ1n) is 12.6. The molecule has 1 aromatic heterocycles. The number of aromatic carboxylic acids is 1. The fourth-order valence-corrected chi connectivity index (χ4v) is 4.67. The first-order valence-corrected chi connectivity index (χ1v) is 13.6. The number of aryl methyl sites for hydroxylation is 1. The van der Waals surface area contributed by atoms with Gasteiger partial charge in [-0.15, -0.1) is 11.3 Å². The molecule has 0 saturated heterocycles. The van der Waals surface area contributed by atoms with Gasteiger partial charge in [-0.3, -0.25) is 0 Å². The number of phenols is 1. The Morgan fingerprint density at radius 2 is 1.68 bits per heavy atom. The van der Waals surface area contributed by atoms with Crippen LogP contribution in [0, 0.1) is 0 Å². The van der Waals surface area contributed by atoms with Crippen LogP contribution in [0.25, 0.3) is 11.3 Å². The molecule has 0 aliphatic rings. The summed E-state index contributed by atoms with van der Waals surface area (Å²) in [6.45, 7) is 4.97. The highest BCUT2D eigenvalue weighted by molar-refractivity contribution is 7.07. The second-order valence-corrected chi connectivity index (χ2v) is 9.36. The summed E-state index contributed by atoms with van der Waals surface area (Å²) in [7, 11) is 0. The van der Waals surface area contributed by atoms with Crippen molar-refractivity contribution in [2.24, 2.45) is 0 Å². The lowest BCUT2D eigenvalue weighted by atomic mass is 10.0. The number of phenolic OH excluding ortho intramolecular Hbond substituents is 1. The largest absolute Gasteiger partial charge is 0.507 e. The molecule has 0 atom stereocenters. The van der Waals surface area contributed by atoms with E-state index in [2.05, 4.69) is 11.9 Å². The van der Waals surface area contributed by atoms with Crippen LogP contribution in [0.2, 0.25) is 0 Å². The van der Waals surface area contributed by atoms with Gasteiger partial charge in [-0.25, -0.2) is 9.78 Å². The van der Waals surface area contributed by atoms with Crippen LogP contribution in [-0.2, 0) is 12.8 Å². The van der Waals surface area contributed by atoms with E-state index in [9.17, 15) is 15.0 Å². The zero-order chi connectivity index (χ0) is 26.9. The minimum absolute atomic E-state index is 0.107. The summed E-state index contributed by atoms with van der Waals surface area (Å²) in [6.07, 6.45) is 3.00. The Morgan fingerprint density at radius 1 is 0.947 bits per heavy atom. The quantitative estimate of drug-likeness (QED) is 0.173. The summed E-state index contributed by atoms with van der Waals surface area (Å²) < 4.78 is 18.1. The Morgan fingerprint density at radius 3 is 2.39 bits per heavy atom. The Bertz CT molecular complexity index is 1370. The van der Waals surface area contributed by atoms with E-state index in [0.29, 0.717) is 48.2 Å². The van der Waals surface area contributed by atoms with Crippen LogP contribution in [-0.4, -0.2) is 34.4 Å². The van der Waals surface area contributed by atoms with E-state index in [-0.39, 0.29) is 11.3 Å². The minimum atomic E-state index is -1.04. The molecule has 3 aromatic carbocycles. The average Bonchev–Trinajstić information content (AvgIpc) is 3.45. The average molecular weight is 534 g/mol. The van der Waals surface area contributed by atoms with Gasteiger partial charge in [-0.05, 0) is 48.7 Å². The molecule has 0 spiro atoms. The third kappa shape index (κ3) is 6.44. The van der Waals surface area contributed by atoms with E-state index in [1.807, 2.05) is 36.6 Å². The number of nitrogens with zero attached hydrogens (tertiary/aromatic N) is 1. The molecule has 0 bridgehead atoms. The number of hydrogen-bond acceptors (Lipinski definition) is 7. The first-order chi connectivity index (χ1) is 18.5. The van der Waals surface area contributed by atoms with Gasteiger partial charge in [0.25, 0.3) is 0 Å². The van der Waals surface area contributed by atoms with Crippen molar-refractivity contribution in [2.75, 3.05) is 13.2 Å². The zero-order valence-corrected chi connectivity index (χ0v) is 22.3. The number of hydrogen-bond donors (Lipinski definition) is 2. The summed E-state index contributed by atoms with van der Waals surface area (Å²) in [5.41, 5.74) is 5.21. The van der Waals surface area contributed by atoms with Gasteiger partial charge in [0, 0.05) is 29.0 Å². The van der Waals surface area contributed by atoms with E-state index in [0.717, 1.165) is 36.1 Å². The van der Waals surface area contributed by atoms with E-state index in [1.54, 1.807) is 29.8 Å². The SMILES string of the molecule is CCCc1c(OCCCOc2cc(O)c(-c3cscn3)cc2CC)cccc1Oc1ccccc1C(=O)O. The van der Waals surface area contributed by atoms with Gasteiger partial charge in [0.1, 0.15) is 34.3 Å². The fourth-order valence-electron chi connectivity index (χ4n) is 4.12. The van der Waals surface area contributed by atoms with E-state index in [1.165, 1.54) is 17.4 Å². The van der Waals surface area contributed by atoms with Crippen LogP contribution < -0.4 is 14.2 Å². The van der Waals surface area contributed by atoms with E-state index >= 15 is 0 Å². The molecule has 0 fully saturated rings. The van der Waals surface area contributed by atoms with E-state index in [4.69, 9.17) is 14.2 Å². The highest BCUT2D eigenvalue weighted by Gasteiger charge is 2.16. The van der Waals surface area contributed by atoms with Crippen LogP contribution in [0.4, 0.5) is 0 Å². The molecule has 38 heavy (non-hydrogen) atoms. The summed E-state index contributed by atoms with van der Waals surface area (Å²) in [6, 6.07) is 15.7. The van der Waals surface area contributed by atoms with Crippen molar-refractivity contribution in [1.82, 2.24) is 4.98 Å². The maximum absolute atomic E-state index is 11.6. The Kier molecular flexibility index (Phi) is 9.21. The maximum atomic E-state index is 11.6. The number of carboxylic acid groups (broad SMARTS) is 1. The van der Waals surface area contributed by atoms with Gasteiger partial charge >= 0.3 is 5.97 Å². The van der Waals surface area contributed by atoms with Crippen molar-refractivity contribution >= 4 is 17.3 Å². The van der Waals surface area contributed by atoms with Crippen molar-refractivity contribution in [3.63, 3.8) is 0 Å². The molecule has 4 rings (SSSR count). The van der Waals surface area contributed by atoms with Crippen molar-refractivity contribution in [2.45, 2.75) is 39.5 Å². The number of aromatic hydroxyl groups is 1. The maximum Gasteiger partial charge on any atom is 0.339 e. The Hall–Kier alpha value is -4.04. The molecule has 4 aromatic rings. The van der Waals surface area contributed by atoms with Gasteiger partial charge in [0.15, 0.2) is 0 Å². The van der Waals surface area contributed by atoms with Crippen LogP contribution in [0.1, 0.15) is 48.2 Å². The number of para-hydroxylation sites is 1. The second kappa shape index (κ2) is 13.0. The molecule has 7 nitrogen and oxygen atoms in total. The topological polar surface area (TPSA) is 98.1 Å². The molecular weight excluding hydrogens is 502 g/mol. The predicted octanol–water partition coefficient (Wildman–Crippen LogP) is 7.37. The molecule has 0 aliphatic carbocycles. The Labute approximate surface area is 226 Å². The van der Waals surface area contributed by atoms with Gasteiger partial charge in [0.2, 0.25) is 0 Å². The summed E-state index contributed by atoms with van der Waals surface area (Å²) >= 11 is 1.49. The molecule has 8 heteroatoms. The molecule has 198 valence electrons. The third-order valence-electron chi connectivity index (χ3n) is 6.00. The number of aromatic nitrogens is 1. The summed E-state index contributed by atoms with van der Waals surface area (Å²) in [4.78, 5) is 15.9. The van der Waals surface area contributed by atoms with Crippen LogP contribution >= 0.6 is 11.3 Å². The molecule has 1 heterocycles. The molecule has 0 aliphatic heterocycles. The van der Waals surface area contributed by atoms with Gasteiger partial charge in [-0.2, -0.15) is 0 Å². The number of ether oxygens (including phenoxy) is 3. The van der Waals surface area contributed by atoms with Crippen molar-refractivity contribution in [1.29, 1.82) is 0 Å². The van der Waals surface area contributed by atoms with Gasteiger partial charge in [-0.1, -0.05) is 38.5 Å². The monoisotopic (exact) mass is 533 g/mol. The lowest BCUT2D eigenvalue weighted by molar-refractivity contribution is 0.0694. The minimum Gasteiger partial charge on any atom is -0.507 e. The van der Waals surface area contributed by atoms with Crippen LogP contribution in [0.3, 0.4) is 0 Å². The number of carboxylic acids is 1. The Balaban J connectivity index is 1.39. The number of carbonyl (C=O) groups is 1. The predicted molar refractivity (Wildman–Crippen MR) is 148 cm³/mol. The normalized spacial score (nSPS) is 10.8. The lowest BCUT2D eigenvalue weighted by Crippen LogP contribution is -2.08. The third-order valence-corrected chi connectivity index (χ3v) is 6.59. The molecular formula is C30H31NO6S. The van der Waals surface area contributed by atoms with Gasteiger partial charge < -0.3 is 24.4 Å². The summed E-state index contributed by atoms with van der Waals surface area (Å²) in [5, 5.41) is 21.9. The molecule has 0 saturated carbocycles. The highest BCUT2D eigenvalue weighted by Crippen LogP contribution is 2.36. The molecule has 0 amide bonds. The van der Waals surface area contributed by atoms with E-state index < -0.39 is 5.97 Å². The van der Waals surface area contributed by atoms with Crippen molar-refractivity contribution in [3.05, 3.63) is 82.2 Å².